The minimum Gasteiger partial charge on any atom is -0.495 e. The van der Waals surface area contributed by atoms with Crippen LogP contribution in [-0.4, -0.2) is 24.1 Å². The molecule has 0 unspecified atom stereocenters. The molecule has 0 spiro atoms. The number of amides is 1. The lowest BCUT2D eigenvalue weighted by atomic mass is 10.1. The van der Waals surface area contributed by atoms with Crippen molar-refractivity contribution < 1.29 is 19.4 Å². The van der Waals surface area contributed by atoms with Gasteiger partial charge < -0.3 is 15.2 Å². The molecule has 0 aliphatic heterocycles. The maximum Gasteiger partial charge on any atom is 0.337 e. The van der Waals surface area contributed by atoms with E-state index in [2.05, 4.69) is 24.4 Å². The van der Waals surface area contributed by atoms with Gasteiger partial charge in [-0.05, 0) is 44.2 Å². The summed E-state index contributed by atoms with van der Waals surface area (Å²) in [7, 11) is 1.46. The third kappa shape index (κ3) is 12.2. The van der Waals surface area contributed by atoms with Gasteiger partial charge in [-0.3, -0.25) is 4.79 Å². The zero-order valence-electron chi connectivity index (χ0n) is 19.5. The smallest absolute Gasteiger partial charge is 0.337 e. The predicted octanol–water partition coefficient (Wildman–Crippen LogP) is 7.37. The molecule has 0 saturated carbocycles. The number of benzene rings is 1. The molecule has 0 heterocycles. The molecule has 0 aliphatic carbocycles. The van der Waals surface area contributed by atoms with Crippen molar-refractivity contribution in [3.8, 4) is 5.75 Å². The molecule has 2 N–H and O–H groups in total. The summed E-state index contributed by atoms with van der Waals surface area (Å²) in [5, 5.41) is 12.0. The number of carbonyl (C=O) groups excluding carboxylic acids is 1. The Hall–Kier alpha value is -2.30. The molecule has 0 bridgehead atoms. The van der Waals surface area contributed by atoms with Gasteiger partial charge in [-0.25, -0.2) is 4.79 Å². The molecule has 1 rings (SSSR count). The first-order chi connectivity index (χ1) is 15.1. The quantitative estimate of drug-likeness (QED) is 0.188. The molecule has 0 aliphatic rings. The van der Waals surface area contributed by atoms with Crippen LogP contribution in [-0.2, 0) is 4.79 Å². The van der Waals surface area contributed by atoms with Crippen molar-refractivity contribution in [1.82, 2.24) is 0 Å². The van der Waals surface area contributed by atoms with Crippen LogP contribution in [0.4, 0.5) is 5.69 Å². The Balaban J connectivity index is 2.09. The van der Waals surface area contributed by atoms with E-state index >= 15 is 0 Å². The summed E-state index contributed by atoms with van der Waals surface area (Å²) in [5.41, 5.74) is 0.271. The lowest BCUT2D eigenvalue weighted by Crippen LogP contribution is -2.15. The van der Waals surface area contributed by atoms with E-state index in [4.69, 9.17) is 4.74 Å². The monoisotopic (exact) mass is 431 g/mol. The van der Waals surface area contributed by atoms with E-state index in [0.29, 0.717) is 12.2 Å². The molecule has 1 aromatic carbocycles. The molecule has 174 valence electrons. The van der Waals surface area contributed by atoms with Gasteiger partial charge in [-0.15, -0.1) is 0 Å². The summed E-state index contributed by atoms with van der Waals surface area (Å²) in [5.74, 6) is -0.905. The maximum atomic E-state index is 12.2. The molecule has 31 heavy (non-hydrogen) atoms. The molecule has 0 saturated heterocycles. The lowest BCUT2D eigenvalue weighted by Gasteiger charge is -2.12. The zero-order valence-corrected chi connectivity index (χ0v) is 19.5. The van der Waals surface area contributed by atoms with E-state index in [9.17, 15) is 14.7 Å². The van der Waals surface area contributed by atoms with Crippen LogP contribution in [0, 0.1) is 0 Å². The van der Waals surface area contributed by atoms with E-state index in [-0.39, 0.29) is 17.2 Å². The summed E-state index contributed by atoms with van der Waals surface area (Å²) in [6.45, 7) is 2.25. The molecule has 1 amide bonds. The minimum atomic E-state index is -1.09. The Morgan fingerprint density at radius 1 is 0.903 bits per heavy atom. The SMILES string of the molecule is CCCCCCCC/C=C\CCCCCCCC(=O)Nc1c(OC)cccc1C(=O)O. The molecule has 0 radical (unpaired) electrons. The highest BCUT2D eigenvalue weighted by atomic mass is 16.5. The van der Waals surface area contributed by atoms with Crippen molar-refractivity contribution in [3.05, 3.63) is 35.9 Å². The molecule has 5 nitrogen and oxygen atoms in total. The van der Waals surface area contributed by atoms with Gasteiger partial charge in [0.05, 0.1) is 18.4 Å². The first-order valence-electron chi connectivity index (χ1n) is 11.9. The standard InChI is InChI=1S/C26H41NO4/c1-3-4-5-6-7-8-9-10-11-12-13-14-15-16-17-21-24(28)27-25-22(26(29)30)19-18-20-23(25)31-2/h10-11,18-20H,3-9,12-17,21H2,1-2H3,(H,27,28)(H,29,30)/b11-10-. The van der Waals surface area contributed by atoms with Crippen molar-refractivity contribution >= 4 is 17.6 Å². The number of allylic oxidation sites excluding steroid dienone is 2. The van der Waals surface area contributed by atoms with Gasteiger partial charge in [0, 0.05) is 6.42 Å². The number of hydrogen-bond acceptors (Lipinski definition) is 3. The second kappa shape index (κ2) is 17.4. The largest absolute Gasteiger partial charge is 0.495 e. The third-order valence-corrected chi connectivity index (χ3v) is 5.41. The highest BCUT2D eigenvalue weighted by Crippen LogP contribution is 2.28. The van der Waals surface area contributed by atoms with Crippen LogP contribution in [0.1, 0.15) is 107 Å². The molecule has 0 fully saturated rings. The van der Waals surface area contributed by atoms with Crippen LogP contribution in [0.5, 0.6) is 5.75 Å². The van der Waals surface area contributed by atoms with Crippen LogP contribution in [0.2, 0.25) is 0 Å². The molecular formula is C26H41NO4. The number of carboxylic acid groups (broad SMARTS) is 1. The number of methoxy groups -OCH3 is 1. The van der Waals surface area contributed by atoms with Crippen molar-refractivity contribution in [2.75, 3.05) is 12.4 Å². The normalized spacial score (nSPS) is 11.0. The first kappa shape index (κ1) is 26.7. The van der Waals surface area contributed by atoms with Crippen LogP contribution in [0.3, 0.4) is 0 Å². The molecular weight excluding hydrogens is 390 g/mol. The fourth-order valence-corrected chi connectivity index (χ4v) is 3.57. The average molecular weight is 432 g/mol. The highest BCUT2D eigenvalue weighted by molar-refractivity contribution is 6.02. The predicted molar refractivity (Wildman–Crippen MR) is 128 cm³/mol. The van der Waals surface area contributed by atoms with E-state index < -0.39 is 5.97 Å². The van der Waals surface area contributed by atoms with E-state index in [1.54, 1.807) is 12.1 Å². The second-order valence-electron chi connectivity index (χ2n) is 8.07. The van der Waals surface area contributed by atoms with Gasteiger partial charge in [0.25, 0.3) is 0 Å². The van der Waals surface area contributed by atoms with E-state index in [1.165, 1.54) is 71.0 Å². The Morgan fingerprint density at radius 2 is 1.48 bits per heavy atom. The molecule has 1 aromatic rings. The summed E-state index contributed by atoms with van der Waals surface area (Å²) >= 11 is 0. The van der Waals surface area contributed by atoms with Gasteiger partial charge >= 0.3 is 5.97 Å². The third-order valence-electron chi connectivity index (χ3n) is 5.41. The molecule has 0 atom stereocenters. The summed E-state index contributed by atoms with van der Waals surface area (Å²) < 4.78 is 5.18. The number of anilines is 1. The fourth-order valence-electron chi connectivity index (χ4n) is 3.57. The van der Waals surface area contributed by atoms with Crippen molar-refractivity contribution in [1.29, 1.82) is 0 Å². The Morgan fingerprint density at radius 3 is 2.06 bits per heavy atom. The van der Waals surface area contributed by atoms with Gasteiger partial charge in [0.2, 0.25) is 5.91 Å². The fraction of sp³-hybridized carbons (Fsp3) is 0.615. The van der Waals surface area contributed by atoms with Crippen molar-refractivity contribution in [2.45, 2.75) is 96.8 Å². The summed E-state index contributed by atoms with van der Waals surface area (Å²) in [4.78, 5) is 23.6. The molecule has 0 aromatic heterocycles. The lowest BCUT2D eigenvalue weighted by molar-refractivity contribution is -0.116. The molecule has 5 heteroatoms. The number of carbonyl (C=O) groups is 2. The van der Waals surface area contributed by atoms with Gasteiger partial charge in [0.15, 0.2) is 0 Å². The number of hydrogen-bond donors (Lipinski definition) is 2. The van der Waals surface area contributed by atoms with Crippen molar-refractivity contribution in [2.24, 2.45) is 0 Å². The zero-order chi connectivity index (χ0) is 22.7. The topological polar surface area (TPSA) is 75.6 Å². The number of rotatable bonds is 18. The Kier molecular flexibility index (Phi) is 15.0. The summed E-state index contributed by atoms with van der Waals surface area (Å²) in [6, 6.07) is 4.70. The van der Waals surface area contributed by atoms with E-state index in [1.807, 2.05) is 0 Å². The first-order valence-corrected chi connectivity index (χ1v) is 11.9. The Bertz CT molecular complexity index is 669. The number of nitrogens with one attached hydrogen (secondary N) is 1. The minimum absolute atomic E-state index is 0.0391. The maximum absolute atomic E-state index is 12.2. The Labute approximate surface area is 188 Å². The number of ether oxygens (including phenoxy) is 1. The summed E-state index contributed by atoms with van der Waals surface area (Å²) in [6.07, 6.45) is 20.8. The van der Waals surface area contributed by atoms with Gasteiger partial charge in [0.1, 0.15) is 5.75 Å². The number of carboxylic acids is 1. The number of aromatic carboxylic acids is 1. The van der Waals surface area contributed by atoms with Crippen LogP contribution in [0.15, 0.2) is 30.4 Å². The van der Waals surface area contributed by atoms with Crippen LogP contribution >= 0.6 is 0 Å². The highest BCUT2D eigenvalue weighted by Gasteiger charge is 2.16. The number of unbranched alkanes of at least 4 members (excludes halogenated alkanes) is 11. The van der Waals surface area contributed by atoms with Crippen LogP contribution < -0.4 is 10.1 Å². The number of para-hydroxylation sites is 1. The van der Waals surface area contributed by atoms with E-state index in [0.717, 1.165) is 25.7 Å². The van der Waals surface area contributed by atoms with Crippen LogP contribution in [0.25, 0.3) is 0 Å². The van der Waals surface area contributed by atoms with Crippen molar-refractivity contribution in [3.63, 3.8) is 0 Å². The van der Waals surface area contributed by atoms with Gasteiger partial charge in [-0.2, -0.15) is 0 Å². The average Bonchev–Trinajstić information content (AvgIpc) is 2.76. The van der Waals surface area contributed by atoms with Gasteiger partial charge in [-0.1, -0.05) is 76.5 Å². The second-order valence-corrected chi connectivity index (χ2v) is 8.07.